The fraction of sp³-hybridized carbons (Fsp3) is 0.308. The zero-order valence-corrected chi connectivity index (χ0v) is 10.6. The van der Waals surface area contributed by atoms with Crippen LogP contribution in [0.15, 0.2) is 27.9 Å². The van der Waals surface area contributed by atoms with Gasteiger partial charge in [-0.1, -0.05) is 6.08 Å². The summed E-state index contributed by atoms with van der Waals surface area (Å²) in [5.74, 6) is 0.829. The molecule has 0 amide bonds. The first-order valence-electron chi connectivity index (χ1n) is 5.78. The van der Waals surface area contributed by atoms with Crippen molar-refractivity contribution in [3.8, 4) is 12.3 Å². The minimum absolute atomic E-state index is 0.00856. The second-order valence-electron chi connectivity index (χ2n) is 3.72. The van der Waals surface area contributed by atoms with Gasteiger partial charge >= 0.3 is 11.7 Å². The Hall–Kier alpha value is -2.62. The fourth-order valence-corrected chi connectivity index (χ4v) is 1.29. The number of H-pyrrole nitrogens is 1. The van der Waals surface area contributed by atoms with E-state index in [1.165, 1.54) is 12.2 Å². The van der Waals surface area contributed by atoms with Crippen LogP contribution in [-0.2, 0) is 16.1 Å². The van der Waals surface area contributed by atoms with E-state index in [1.54, 1.807) is 0 Å². The summed E-state index contributed by atoms with van der Waals surface area (Å²) in [4.78, 5) is 35.8. The van der Waals surface area contributed by atoms with E-state index in [4.69, 9.17) is 11.2 Å². The number of terminal acetylenes is 1. The van der Waals surface area contributed by atoms with Crippen molar-refractivity contribution in [1.82, 2.24) is 9.55 Å². The molecule has 0 saturated heterocycles. The van der Waals surface area contributed by atoms with Crippen molar-refractivity contribution >= 4 is 5.97 Å². The zero-order valence-electron chi connectivity index (χ0n) is 10.6. The molecular weight excluding hydrogens is 267 g/mol. The molecule has 1 aromatic rings. The number of halogens is 1. The Kier molecular flexibility index (Phi) is 5.97. The Morgan fingerprint density at radius 1 is 1.50 bits per heavy atom. The lowest BCUT2D eigenvalue weighted by molar-refractivity contribution is -0.142. The fourth-order valence-electron chi connectivity index (χ4n) is 1.29. The first kappa shape index (κ1) is 15.4. The van der Waals surface area contributed by atoms with Crippen LogP contribution in [0, 0.1) is 18.2 Å². The van der Waals surface area contributed by atoms with Crippen LogP contribution in [0.1, 0.15) is 12.8 Å². The minimum Gasteiger partial charge on any atom is -0.461 e. The molecule has 0 aliphatic heterocycles. The lowest BCUT2D eigenvalue weighted by atomic mass is 10.3. The lowest BCUT2D eigenvalue weighted by Crippen LogP contribution is -2.36. The van der Waals surface area contributed by atoms with Crippen LogP contribution in [-0.4, -0.2) is 22.1 Å². The summed E-state index contributed by atoms with van der Waals surface area (Å²) in [5, 5.41) is 0. The Morgan fingerprint density at radius 2 is 2.25 bits per heavy atom. The second kappa shape index (κ2) is 7.74. The van der Waals surface area contributed by atoms with Gasteiger partial charge in [-0.05, 0) is 6.08 Å². The summed E-state index contributed by atoms with van der Waals surface area (Å²) in [6.45, 7) is -0.126. The molecule has 0 spiro atoms. The van der Waals surface area contributed by atoms with E-state index in [9.17, 15) is 18.8 Å². The highest BCUT2D eigenvalue weighted by atomic mass is 19.1. The number of nitrogens with zero attached hydrogens (tertiary/aromatic N) is 1. The Balaban J connectivity index is 2.49. The maximum atomic E-state index is 12.9. The van der Waals surface area contributed by atoms with Gasteiger partial charge in [-0.25, -0.2) is 4.79 Å². The molecule has 1 heterocycles. The standard InChI is InChI=1S/C13H13FN2O4/c1-2-3-6-11(17)20-8-5-4-7-16-12(18)10(14)9-15-13(16)19/h1,4-5,9H,3,6-8H2,(H,15,19)/b5-4-. The summed E-state index contributed by atoms with van der Waals surface area (Å²) in [6, 6.07) is 0. The third-order valence-electron chi connectivity index (χ3n) is 2.29. The second-order valence-corrected chi connectivity index (χ2v) is 3.72. The van der Waals surface area contributed by atoms with E-state index in [1.807, 2.05) is 0 Å². The van der Waals surface area contributed by atoms with Gasteiger partial charge in [0.25, 0.3) is 5.56 Å². The van der Waals surface area contributed by atoms with Crippen LogP contribution in [0.2, 0.25) is 0 Å². The lowest BCUT2D eigenvalue weighted by Gasteiger charge is -2.01. The Bertz CT molecular complexity index is 652. The molecular formula is C13H13FN2O4. The number of ether oxygens (including phenoxy) is 1. The number of carbonyl (C=O) groups is 1. The average molecular weight is 280 g/mol. The predicted molar refractivity (Wildman–Crippen MR) is 69.4 cm³/mol. The van der Waals surface area contributed by atoms with Crippen LogP contribution in [0.5, 0.6) is 0 Å². The third-order valence-corrected chi connectivity index (χ3v) is 2.29. The molecule has 0 atom stereocenters. The number of aromatic amines is 1. The molecule has 0 radical (unpaired) electrons. The molecule has 1 aromatic heterocycles. The van der Waals surface area contributed by atoms with Gasteiger partial charge in [0, 0.05) is 19.2 Å². The molecule has 0 bridgehead atoms. The number of nitrogens with one attached hydrogen (secondary N) is 1. The molecule has 0 aliphatic rings. The van der Waals surface area contributed by atoms with Crippen molar-refractivity contribution in [3.05, 3.63) is 45.0 Å². The highest BCUT2D eigenvalue weighted by Gasteiger charge is 2.04. The van der Waals surface area contributed by atoms with Crippen LogP contribution in [0.3, 0.4) is 0 Å². The van der Waals surface area contributed by atoms with E-state index < -0.39 is 23.0 Å². The van der Waals surface area contributed by atoms with Crippen LogP contribution in [0.25, 0.3) is 0 Å². The molecule has 7 heteroatoms. The number of aromatic nitrogens is 2. The minimum atomic E-state index is -1.04. The molecule has 0 fully saturated rings. The van der Waals surface area contributed by atoms with Gasteiger partial charge in [-0.15, -0.1) is 12.3 Å². The van der Waals surface area contributed by atoms with Crippen LogP contribution < -0.4 is 11.2 Å². The number of rotatable bonds is 6. The molecule has 6 nitrogen and oxygen atoms in total. The van der Waals surface area contributed by atoms with Gasteiger partial charge in [0.1, 0.15) is 6.61 Å². The van der Waals surface area contributed by atoms with Crippen molar-refractivity contribution in [1.29, 1.82) is 0 Å². The summed E-state index contributed by atoms with van der Waals surface area (Å²) < 4.78 is 18.4. The topological polar surface area (TPSA) is 81.2 Å². The first-order chi connectivity index (χ1) is 9.56. The van der Waals surface area contributed by atoms with E-state index in [-0.39, 0.29) is 19.6 Å². The highest BCUT2D eigenvalue weighted by Crippen LogP contribution is 1.91. The number of allylic oxidation sites excluding steroid dienone is 1. The molecule has 20 heavy (non-hydrogen) atoms. The molecule has 1 rings (SSSR count). The number of carbonyl (C=O) groups excluding carboxylic acids is 1. The largest absolute Gasteiger partial charge is 0.461 e. The number of esters is 1. The Morgan fingerprint density at radius 3 is 2.95 bits per heavy atom. The summed E-state index contributed by atoms with van der Waals surface area (Å²) in [5.41, 5.74) is -1.73. The van der Waals surface area contributed by atoms with Crippen molar-refractivity contribution in [2.45, 2.75) is 19.4 Å². The molecule has 0 saturated carbocycles. The monoisotopic (exact) mass is 280 g/mol. The molecule has 0 aromatic carbocycles. The van der Waals surface area contributed by atoms with Gasteiger partial charge in [0.15, 0.2) is 0 Å². The SMILES string of the molecule is C#CCCC(=O)OC/C=C\Cn1c(=O)[nH]cc(F)c1=O. The van der Waals surface area contributed by atoms with Crippen molar-refractivity contribution in [3.63, 3.8) is 0 Å². The molecule has 106 valence electrons. The van der Waals surface area contributed by atoms with E-state index >= 15 is 0 Å². The van der Waals surface area contributed by atoms with Gasteiger partial charge in [-0.2, -0.15) is 4.39 Å². The predicted octanol–water partition coefficient (Wildman–Crippen LogP) is 0.188. The molecule has 1 N–H and O–H groups in total. The normalized spacial score (nSPS) is 10.4. The maximum absolute atomic E-state index is 12.9. The summed E-state index contributed by atoms with van der Waals surface area (Å²) in [7, 11) is 0. The smallest absolute Gasteiger partial charge is 0.328 e. The van der Waals surface area contributed by atoms with Crippen LogP contribution in [0.4, 0.5) is 4.39 Å². The maximum Gasteiger partial charge on any atom is 0.328 e. The van der Waals surface area contributed by atoms with E-state index in [2.05, 4.69) is 10.9 Å². The first-order valence-corrected chi connectivity index (χ1v) is 5.78. The van der Waals surface area contributed by atoms with Crippen molar-refractivity contribution in [2.24, 2.45) is 0 Å². The Labute approximate surface area is 113 Å². The quantitative estimate of drug-likeness (QED) is 0.458. The van der Waals surface area contributed by atoms with E-state index in [0.717, 1.165) is 0 Å². The van der Waals surface area contributed by atoms with Gasteiger partial charge in [-0.3, -0.25) is 14.2 Å². The summed E-state index contributed by atoms with van der Waals surface area (Å²) in [6.07, 6.45) is 9.00. The molecule has 0 aliphatic carbocycles. The van der Waals surface area contributed by atoms with Crippen LogP contribution >= 0.6 is 0 Å². The average Bonchev–Trinajstić information content (AvgIpc) is 2.43. The highest BCUT2D eigenvalue weighted by molar-refractivity contribution is 5.69. The van der Waals surface area contributed by atoms with Crippen molar-refractivity contribution < 1.29 is 13.9 Å². The van der Waals surface area contributed by atoms with Gasteiger partial charge in [0.05, 0.1) is 6.42 Å². The zero-order chi connectivity index (χ0) is 15.0. The third kappa shape index (κ3) is 4.57. The molecule has 0 unspecified atom stereocenters. The summed E-state index contributed by atoms with van der Waals surface area (Å²) >= 11 is 0. The van der Waals surface area contributed by atoms with Gasteiger partial charge in [0.2, 0.25) is 5.82 Å². The van der Waals surface area contributed by atoms with E-state index in [0.29, 0.717) is 17.2 Å². The number of hydrogen-bond donors (Lipinski definition) is 1. The van der Waals surface area contributed by atoms with Gasteiger partial charge < -0.3 is 9.72 Å². The van der Waals surface area contributed by atoms with Crippen molar-refractivity contribution in [2.75, 3.05) is 6.61 Å². The number of hydrogen-bond acceptors (Lipinski definition) is 4.